The third-order valence-corrected chi connectivity index (χ3v) is 21.7. The highest BCUT2D eigenvalue weighted by Gasteiger charge is 2.22. The lowest BCUT2D eigenvalue weighted by Gasteiger charge is -2.19. The maximum atomic E-state index is 3.74. The number of nitrogens with one attached hydrogen (secondary N) is 1. The van der Waals surface area contributed by atoms with Crippen molar-refractivity contribution in [1.82, 2.24) is 0 Å². The van der Waals surface area contributed by atoms with Gasteiger partial charge in [-0.05, 0) is 226 Å². The molecular formula is C12HI10N. The Kier molecular flexibility index (Phi) is 11.6. The minimum atomic E-state index is 1.21. The number of halogens is 10. The molecule has 0 aliphatic carbocycles. The van der Waals surface area contributed by atoms with Gasteiger partial charge in [0.15, 0.2) is 0 Å². The zero-order valence-electron chi connectivity index (χ0n) is 10.3. The van der Waals surface area contributed by atoms with E-state index in [0.29, 0.717) is 0 Å². The van der Waals surface area contributed by atoms with Gasteiger partial charge in [0.25, 0.3) is 0 Å². The first kappa shape index (κ1) is 24.8. The van der Waals surface area contributed by atoms with E-state index in [4.69, 9.17) is 0 Å². The average molecular weight is 1430 g/mol. The molecule has 0 bridgehead atoms. The van der Waals surface area contributed by atoms with Gasteiger partial charge < -0.3 is 5.32 Å². The van der Waals surface area contributed by atoms with Crippen molar-refractivity contribution in [3.05, 3.63) is 35.7 Å². The molecule has 2 aromatic rings. The Morgan fingerprint density at radius 1 is 0.304 bits per heavy atom. The Morgan fingerprint density at radius 3 is 0.696 bits per heavy atom. The van der Waals surface area contributed by atoms with Crippen LogP contribution in [0.25, 0.3) is 0 Å². The maximum Gasteiger partial charge on any atom is 0.0678 e. The summed E-state index contributed by atoms with van der Waals surface area (Å²) in [4.78, 5) is 0. The van der Waals surface area contributed by atoms with Crippen molar-refractivity contribution < 1.29 is 0 Å². The van der Waals surface area contributed by atoms with E-state index in [2.05, 4.69) is 231 Å². The minimum Gasteiger partial charge on any atom is -0.352 e. The van der Waals surface area contributed by atoms with Crippen LogP contribution in [0.5, 0.6) is 0 Å². The van der Waals surface area contributed by atoms with E-state index in [9.17, 15) is 0 Å². The summed E-state index contributed by atoms with van der Waals surface area (Å²) in [6, 6.07) is 0. The monoisotopic (exact) mass is 1430 g/mol. The molecule has 2 aromatic carbocycles. The first-order valence-electron chi connectivity index (χ1n) is 5.39. The van der Waals surface area contributed by atoms with Gasteiger partial charge in [-0.2, -0.15) is 0 Å². The molecule has 0 saturated carbocycles. The third-order valence-electron chi connectivity index (χ3n) is 2.67. The van der Waals surface area contributed by atoms with Crippen LogP contribution in [0.4, 0.5) is 11.4 Å². The van der Waals surface area contributed by atoms with E-state index < -0.39 is 0 Å². The van der Waals surface area contributed by atoms with Gasteiger partial charge in [0, 0.05) is 21.4 Å². The fourth-order valence-corrected chi connectivity index (χ4v) is 11.6. The van der Waals surface area contributed by atoms with Gasteiger partial charge >= 0.3 is 0 Å². The second-order valence-corrected chi connectivity index (χ2v) is 14.8. The quantitative estimate of drug-likeness (QED) is 0.180. The standard InChI is InChI=1S/C12HI10N/c13-1-3(15)7(19)11(8(20)4(1)16)23-12-9(21)5(17)2(14)6(18)10(12)22/h23H. The van der Waals surface area contributed by atoms with Gasteiger partial charge in [0.1, 0.15) is 0 Å². The molecule has 23 heavy (non-hydrogen) atoms. The first-order valence-corrected chi connectivity index (χ1v) is 16.2. The Labute approximate surface area is 271 Å². The van der Waals surface area contributed by atoms with Crippen LogP contribution in [0.1, 0.15) is 0 Å². The Morgan fingerprint density at radius 2 is 0.478 bits per heavy atom. The van der Waals surface area contributed by atoms with Gasteiger partial charge in [-0.3, -0.25) is 0 Å². The molecule has 124 valence electrons. The Balaban J connectivity index is 2.71. The Bertz CT molecular complexity index is 691. The molecule has 11 heteroatoms. The maximum absolute atomic E-state index is 3.74. The number of anilines is 2. The number of rotatable bonds is 2. The predicted molar refractivity (Wildman–Crippen MR) is 183 cm³/mol. The molecule has 1 nitrogen and oxygen atoms in total. The molecule has 2 rings (SSSR count). The zero-order chi connectivity index (χ0) is 17.6. The van der Waals surface area contributed by atoms with Gasteiger partial charge in [-0.15, -0.1) is 0 Å². The van der Waals surface area contributed by atoms with Crippen LogP contribution in [0.15, 0.2) is 0 Å². The van der Waals surface area contributed by atoms with Crippen LogP contribution in [0, 0.1) is 35.7 Å². The highest BCUT2D eigenvalue weighted by Crippen LogP contribution is 2.42. The SMILES string of the molecule is Ic1c(I)c(I)c(Nc2c(I)c(I)c(I)c(I)c2I)c(I)c1I. The first-order chi connectivity index (χ1) is 10.6. The lowest BCUT2D eigenvalue weighted by molar-refractivity contribution is 1.36. The van der Waals surface area contributed by atoms with E-state index in [0.717, 1.165) is 0 Å². The molecule has 0 unspecified atom stereocenters. The lowest BCUT2D eigenvalue weighted by Crippen LogP contribution is -2.08. The summed E-state index contributed by atoms with van der Waals surface area (Å²) in [5.74, 6) is 0. The molecule has 0 saturated heterocycles. The summed E-state index contributed by atoms with van der Waals surface area (Å²) in [6.07, 6.45) is 0. The minimum absolute atomic E-state index is 1.21. The smallest absolute Gasteiger partial charge is 0.0678 e. The van der Waals surface area contributed by atoms with Crippen molar-refractivity contribution in [2.24, 2.45) is 0 Å². The molecule has 0 heterocycles. The molecule has 0 aliphatic rings. The summed E-state index contributed by atoms with van der Waals surface area (Å²) in [6.45, 7) is 0. The molecule has 0 atom stereocenters. The van der Waals surface area contributed by atoms with Crippen molar-refractivity contribution in [3.63, 3.8) is 0 Å². The van der Waals surface area contributed by atoms with E-state index in [1.54, 1.807) is 0 Å². The zero-order valence-corrected chi connectivity index (χ0v) is 31.9. The van der Waals surface area contributed by atoms with Crippen LogP contribution < -0.4 is 5.32 Å². The predicted octanol–water partition coefficient (Wildman–Crippen LogP) is 9.48. The summed E-state index contributed by atoms with van der Waals surface area (Å²) in [5.41, 5.74) is 2.42. The van der Waals surface area contributed by atoms with E-state index in [-0.39, 0.29) is 0 Å². The topological polar surface area (TPSA) is 12.0 Å². The third kappa shape index (κ3) is 5.43. The summed E-state index contributed by atoms with van der Waals surface area (Å²) in [5, 5.41) is 3.74. The molecule has 0 aromatic heterocycles. The highest BCUT2D eigenvalue weighted by molar-refractivity contribution is 14.1. The van der Waals surface area contributed by atoms with Crippen LogP contribution in [-0.4, -0.2) is 0 Å². The second-order valence-electron chi connectivity index (χ2n) is 4.01. The van der Waals surface area contributed by atoms with Crippen LogP contribution >= 0.6 is 226 Å². The van der Waals surface area contributed by atoms with Gasteiger partial charge in [0.2, 0.25) is 0 Å². The second kappa shape index (κ2) is 10.7. The van der Waals surface area contributed by atoms with Crippen LogP contribution in [0.3, 0.4) is 0 Å². The number of benzene rings is 2. The van der Waals surface area contributed by atoms with Crippen molar-refractivity contribution in [3.8, 4) is 0 Å². The van der Waals surface area contributed by atoms with Crippen molar-refractivity contribution in [2.75, 3.05) is 5.32 Å². The van der Waals surface area contributed by atoms with Crippen molar-refractivity contribution in [1.29, 1.82) is 0 Å². The van der Waals surface area contributed by atoms with Crippen molar-refractivity contribution >= 4 is 237 Å². The average Bonchev–Trinajstić information content (AvgIpc) is 2.54. The normalized spacial score (nSPS) is 11.0. The highest BCUT2D eigenvalue weighted by atomic mass is 127. The summed E-state index contributed by atoms with van der Waals surface area (Å²) >= 11 is 24.5. The molecule has 0 aliphatic heterocycles. The fraction of sp³-hybridized carbons (Fsp3) is 0. The summed E-state index contributed by atoms with van der Waals surface area (Å²) in [7, 11) is 0. The summed E-state index contributed by atoms with van der Waals surface area (Å²) < 4.78 is 13.1. The van der Waals surface area contributed by atoms with Crippen molar-refractivity contribution in [2.45, 2.75) is 0 Å². The number of hydrogen-bond acceptors (Lipinski definition) is 1. The van der Waals surface area contributed by atoms with Gasteiger partial charge in [0.05, 0.1) is 25.7 Å². The van der Waals surface area contributed by atoms with Gasteiger partial charge in [-0.25, -0.2) is 0 Å². The van der Waals surface area contributed by atoms with E-state index in [1.807, 2.05) is 0 Å². The van der Waals surface area contributed by atoms with Crippen LogP contribution in [-0.2, 0) is 0 Å². The fourth-order valence-electron chi connectivity index (χ4n) is 1.55. The van der Waals surface area contributed by atoms with Gasteiger partial charge in [-0.1, -0.05) is 0 Å². The molecule has 0 fully saturated rings. The van der Waals surface area contributed by atoms with Crippen LogP contribution in [0.2, 0.25) is 0 Å². The Hall–Kier alpha value is 5.54. The molecule has 1 N–H and O–H groups in total. The van der Waals surface area contributed by atoms with E-state index >= 15 is 0 Å². The molecule has 0 amide bonds. The lowest BCUT2D eigenvalue weighted by atomic mass is 10.2. The van der Waals surface area contributed by atoms with E-state index in [1.165, 1.54) is 47.1 Å². The number of hydrogen-bond donors (Lipinski definition) is 1. The largest absolute Gasteiger partial charge is 0.352 e. The molecule has 0 radical (unpaired) electrons. The molecule has 0 spiro atoms. The molecular weight excluding hydrogens is 1430 g/mol.